The molecule has 17 heavy (non-hydrogen) atoms. The van der Waals surface area contributed by atoms with Crippen LogP contribution in [0.1, 0.15) is 48.2 Å². The lowest BCUT2D eigenvalue weighted by Crippen LogP contribution is -2.30. The maximum atomic E-state index is 10.8. The van der Waals surface area contributed by atoms with Crippen molar-refractivity contribution in [1.29, 1.82) is 0 Å². The number of aromatic nitrogens is 1. The zero-order valence-corrected chi connectivity index (χ0v) is 11.6. The molecule has 0 atom stereocenters. The molecular weight excluding hydrogens is 256 g/mol. The highest BCUT2D eigenvalue weighted by Crippen LogP contribution is 2.31. The van der Waals surface area contributed by atoms with Crippen molar-refractivity contribution in [3.05, 3.63) is 10.0 Å². The Bertz CT molecular complexity index is 386. The van der Waals surface area contributed by atoms with Gasteiger partial charge in [0.15, 0.2) is 16.6 Å². The van der Waals surface area contributed by atoms with Gasteiger partial charge in [-0.1, -0.05) is 48.6 Å². The van der Waals surface area contributed by atoms with E-state index in [1.54, 1.807) is 0 Å². The average Bonchev–Trinajstić information content (AvgIpc) is 2.56. The second-order valence-corrected chi connectivity index (χ2v) is 5.89. The molecule has 1 aliphatic rings. The van der Waals surface area contributed by atoms with Crippen molar-refractivity contribution in [2.45, 2.75) is 44.6 Å². The fourth-order valence-corrected chi connectivity index (χ4v) is 3.42. The Morgan fingerprint density at radius 3 is 2.53 bits per heavy atom. The number of halogens is 1. The average molecular weight is 273 g/mol. The van der Waals surface area contributed by atoms with Gasteiger partial charge in [-0.3, -0.25) is 4.79 Å². The smallest absolute Gasteiger partial charge is 0.187 e. The molecule has 1 aliphatic carbocycles. The predicted molar refractivity (Wildman–Crippen MR) is 72.4 cm³/mol. The molecule has 3 nitrogen and oxygen atoms in total. The lowest BCUT2D eigenvalue weighted by molar-refractivity contribution is 0.112. The van der Waals surface area contributed by atoms with Crippen LogP contribution in [0.4, 0.5) is 5.13 Å². The van der Waals surface area contributed by atoms with E-state index >= 15 is 0 Å². The highest BCUT2D eigenvalue weighted by molar-refractivity contribution is 7.17. The summed E-state index contributed by atoms with van der Waals surface area (Å²) in [6, 6.07) is 0.541. The molecule has 0 bridgehead atoms. The molecule has 0 N–H and O–H groups in total. The summed E-state index contributed by atoms with van der Waals surface area (Å²) >= 11 is 7.28. The SMILES string of the molecule is CN(c1nc(Cl)c(C=O)s1)C1CCCCCC1. The number of carbonyl (C=O) groups is 1. The third kappa shape index (κ3) is 2.99. The van der Waals surface area contributed by atoms with Crippen LogP contribution in [0.25, 0.3) is 0 Å². The second kappa shape index (κ2) is 5.83. The molecule has 1 fully saturated rings. The molecule has 0 aliphatic heterocycles. The van der Waals surface area contributed by atoms with E-state index in [1.165, 1.54) is 49.9 Å². The topological polar surface area (TPSA) is 33.2 Å². The first-order chi connectivity index (χ1) is 8.22. The van der Waals surface area contributed by atoms with Gasteiger partial charge < -0.3 is 4.90 Å². The van der Waals surface area contributed by atoms with Gasteiger partial charge in [0.1, 0.15) is 4.88 Å². The van der Waals surface area contributed by atoms with E-state index in [0.717, 1.165) is 11.4 Å². The molecular formula is C12H17ClN2OS. The number of thiazole rings is 1. The molecule has 0 unspecified atom stereocenters. The van der Waals surface area contributed by atoms with Gasteiger partial charge in [0.2, 0.25) is 0 Å². The molecule has 94 valence electrons. The molecule has 5 heteroatoms. The predicted octanol–water partition coefficient (Wildman–Crippen LogP) is 3.77. The maximum absolute atomic E-state index is 10.8. The van der Waals surface area contributed by atoms with Crippen molar-refractivity contribution in [3.8, 4) is 0 Å². The van der Waals surface area contributed by atoms with Crippen LogP contribution < -0.4 is 4.90 Å². The molecule has 0 radical (unpaired) electrons. The zero-order valence-electron chi connectivity index (χ0n) is 9.99. The third-order valence-electron chi connectivity index (χ3n) is 3.38. The van der Waals surface area contributed by atoms with Gasteiger partial charge in [0.05, 0.1) is 0 Å². The Hall–Kier alpha value is -0.610. The number of anilines is 1. The first kappa shape index (κ1) is 12.8. The Labute approximate surface area is 111 Å². The Kier molecular flexibility index (Phi) is 4.40. The van der Waals surface area contributed by atoms with Crippen molar-refractivity contribution in [2.24, 2.45) is 0 Å². The number of hydrogen-bond acceptors (Lipinski definition) is 4. The van der Waals surface area contributed by atoms with Gasteiger partial charge >= 0.3 is 0 Å². The Balaban J connectivity index is 2.11. The highest BCUT2D eigenvalue weighted by Gasteiger charge is 2.20. The summed E-state index contributed by atoms with van der Waals surface area (Å²) in [6.45, 7) is 0. The number of hydrogen-bond donors (Lipinski definition) is 0. The fraction of sp³-hybridized carbons (Fsp3) is 0.667. The molecule has 2 rings (SSSR count). The van der Waals surface area contributed by atoms with Crippen molar-refractivity contribution in [1.82, 2.24) is 4.98 Å². The van der Waals surface area contributed by atoms with E-state index in [4.69, 9.17) is 11.6 Å². The van der Waals surface area contributed by atoms with Gasteiger partial charge in [-0.05, 0) is 12.8 Å². The van der Waals surface area contributed by atoms with E-state index in [0.29, 0.717) is 16.1 Å². The third-order valence-corrected chi connectivity index (χ3v) is 4.85. The minimum Gasteiger partial charge on any atom is -0.348 e. The quantitative estimate of drug-likeness (QED) is 0.620. The zero-order chi connectivity index (χ0) is 12.3. The number of rotatable bonds is 3. The monoisotopic (exact) mass is 272 g/mol. The lowest BCUT2D eigenvalue weighted by atomic mass is 10.1. The van der Waals surface area contributed by atoms with Crippen LogP contribution in [0.2, 0.25) is 5.15 Å². The number of carbonyl (C=O) groups excluding carboxylic acids is 1. The molecule has 1 saturated carbocycles. The largest absolute Gasteiger partial charge is 0.348 e. The first-order valence-electron chi connectivity index (χ1n) is 6.06. The summed E-state index contributed by atoms with van der Waals surface area (Å²) in [5.41, 5.74) is 0. The lowest BCUT2D eigenvalue weighted by Gasteiger charge is -2.26. The normalized spacial score (nSPS) is 17.8. The van der Waals surface area contributed by atoms with Crippen LogP contribution in [0.15, 0.2) is 0 Å². The summed E-state index contributed by atoms with van der Waals surface area (Å²) in [7, 11) is 2.06. The Morgan fingerprint density at radius 2 is 2.00 bits per heavy atom. The molecule has 0 aromatic carbocycles. The van der Waals surface area contributed by atoms with Crippen molar-refractivity contribution in [2.75, 3.05) is 11.9 Å². The van der Waals surface area contributed by atoms with Crippen LogP contribution >= 0.6 is 22.9 Å². The molecule has 1 heterocycles. The van der Waals surface area contributed by atoms with Crippen molar-refractivity contribution in [3.63, 3.8) is 0 Å². The maximum Gasteiger partial charge on any atom is 0.187 e. The number of nitrogens with zero attached hydrogens (tertiary/aromatic N) is 2. The summed E-state index contributed by atoms with van der Waals surface area (Å²) in [5.74, 6) is 0. The van der Waals surface area contributed by atoms with Gasteiger partial charge in [0.25, 0.3) is 0 Å². The highest BCUT2D eigenvalue weighted by atomic mass is 35.5. The van der Waals surface area contributed by atoms with E-state index in [1.807, 2.05) is 0 Å². The van der Waals surface area contributed by atoms with Gasteiger partial charge in [-0.25, -0.2) is 4.98 Å². The molecule has 1 aromatic heterocycles. The first-order valence-corrected chi connectivity index (χ1v) is 7.26. The summed E-state index contributed by atoms with van der Waals surface area (Å²) in [4.78, 5) is 17.7. The van der Waals surface area contributed by atoms with Crippen molar-refractivity contribution >= 4 is 34.4 Å². The molecule has 1 aromatic rings. The van der Waals surface area contributed by atoms with Crippen LogP contribution in [0.5, 0.6) is 0 Å². The summed E-state index contributed by atoms with van der Waals surface area (Å²) < 4.78 is 0. The van der Waals surface area contributed by atoms with Crippen molar-refractivity contribution < 1.29 is 4.79 Å². The fourth-order valence-electron chi connectivity index (χ4n) is 2.33. The van der Waals surface area contributed by atoms with Crippen LogP contribution in [-0.2, 0) is 0 Å². The minimum absolute atomic E-state index is 0.334. The molecule has 0 saturated heterocycles. The van der Waals surface area contributed by atoms with Crippen LogP contribution in [0.3, 0.4) is 0 Å². The number of aldehydes is 1. The van der Waals surface area contributed by atoms with Crippen LogP contribution in [-0.4, -0.2) is 24.4 Å². The molecule has 0 amide bonds. The van der Waals surface area contributed by atoms with E-state index in [9.17, 15) is 4.79 Å². The Morgan fingerprint density at radius 1 is 1.35 bits per heavy atom. The van der Waals surface area contributed by atoms with E-state index in [-0.39, 0.29) is 0 Å². The van der Waals surface area contributed by atoms with Gasteiger partial charge in [-0.15, -0.1) is 0 Å². The molecule has 0 spiro atoms. The van der Waals surface area contributed by atoms with Crippen LogP contribution in [0, 0.1) is 0 Å². The summed E-state index contributed by atoms with van der Waals surface area (Å²) in [5, 5.41) is 1.20. The van der Waals surface area contributed by atoms with Gasteiger partial charge in [-0.2, -0.15) is 0 Å². The summed E-state index contributed by atoms with van der Waals surface area (Å²) in [6.07, 6.45) is 8.45. The second-order valence-electron chi connectivity index (χ2n) is 4.53. The van der Waals surface area contributed by atoms with Gasteiger partial charge in [0, 0.05) is 13.1 Å². The standard InChI is InChI=1S/C12H17ClN2OS/c1-15(9-6-4-2-3-5-7-9)12-14-11(13)10(8-16)17-12/h8-9H,2-7H2,1H3. The van der Waals surface area contributed by atoms with E-state index in [2.05, 4.69) is 16.9 Å². The van der Waals surface area contributed by atoms with E-state index < -0.39 is 0 Å². The minimum atomic E-state index is 0.334.